The second kappa shape index (κ2) is 9.64. The minimum absolute atomic E-state index is 0.506. The molecule has 2 aromatic carbocycles. The molecule has 0 atom stereocenters. The number of rotatable bonds is 6. The monoisotopic (exact) mass is 339 g/mol. The number of hydrogen-bond acceptors (Lipinski definition) is 4. The van der Waals surface area contributed by atoms with Gasteiger partial charge in [-0.15, -0.1) is 0 Å². The van der Waals surface area contributed by atoms with Crippen molar-refractivity contribution in [3.8, 4) is 16.9 Å². The highest BCUT2D eigenvalue weighted by atomic mass is 16.6. The lowest BCUT2D eigenvalue weighted by molar-refractivity contribution is 0.214. The predicted octanol–water partition coefficient (Wildman–Crippen LogP) is 4.67. The van der Waals surface area contributed by atoms with Crippen molar-refractivity contribution >= 4 is 5.71 Å². The molecule has 0 spiro atoms. The molecule has 132 valence electrons. The molecule has 1 aliphatic rings. The lowest BCUT2D eigenvalue weighted by atomic mass is 10.1. The van der Waals surface area contributed by atoms with Crippen LogP contribution in [0.25, 0.3) is 11.1 Å². The third-order valence-corrected chi connectivity index (χ3v) is 3.68. The van der Waals surface area contributed by atoms with Crippen LogP contribution in [0.3, 0.4) is 0 Å². The Morgan fingerprint density at radius 2 is 1.52 bits per heavy atom. The Kier molecular flexibility index (Phi) is 7.23. The summed E-state index contributed by atoms with van der Waals surface area (Å²) in [6.07, 6.45) is 3.87. The molecule has 1 aliphatic carbocycles. The first-order chi connectivity index (χ1) is 12.3. The van der Waals surface area contributed by atoms with Crippen molar-refractivity contribution in [3.05, 3.63) is 65.7 Å². The highest BCUT2D eigenvalue weighted by Crippen LogP contribution is 2.38. The largest absolute Gasteiger partial charge is 0.490 e. The van der Waals surface area contributed by atoms with E-state index in [0.29, 0.717) is 13.2 Å². The van der Waals surface area contributed by atoms with Crippen molar-refractivity contribution < 1.29 is 14.3 Å². The molecule has 25 heavy (non-hydrogen) atoms. The lowest BCUT2D eigenvalue weighted by Gasteiger charge is -2.06. The van der Waals surface area contributed by atoms with Gasteiger partial charge in [0.05, 0.1) is 6.61 Å². The van der Waals surface area contributed by atoms with E-state index >= 15 is 0 Å². The summed E-state index contributed by atoms with van der Waals surface area (Å²) in [5, 5.41) is 4.20. The fourth-order valence-electron chi connectivity index (χ4n) is 2.68. The Bertz CT molecular complexity index is 751. The third kappa shape index (κ3) is 4.28. The van der Waals surface area contributed by atoms with Crippen LogP contribution in [0, 0.1) is 0 Å². The molecule has 4 nitrogen and oxygen atoms in total. The normalized spacial score (nSPS) is 13.2. The molecular weight excluding hydrogens is 314 g/mol. The fraction of sp³-hybridized carbons (Fsp3) is 0.286. The number of ether oxygens (including phenoxy) is 2. The Morgan fingerprint density at radius 1 is 0.840 bits per heavy atom. The van der Waals surface area contributed by atoms with E-state index < -0.39 is 0 Å². The molecule has 0 unspecified atom stereocenters. The molecule has 3 rings (SSSR count). The summed E-state index contributed by atoms with van der Waals surface area (Å²) in [5.41, 5.74) is 5.29. The fourth-order valence-corrected chi connectivity index (χ4v) is 2.68. The number of benzene rings is 2. The zero-order valence-electron chi connectivity index (χ0n) is 15.3. The summed E-state index contributed by atoms with van der Waals surface area (Å²) in [7, 11) is 3.23. The van der Waals surface area contributed by atoms with Gasteiger partial charge in [0.15, 0.2) is 0 Å². The summed E-state index contributed by atoms with van der Waals surface area (Å²) >= 11 is 0. The van der Waals surface area contributed by atoms with Crippen LogP contribution in [0.2, 0.25) is 0 Å². The van der Waals surface area contributed by atoms with Crippen molar-refractivity contribution in [1.82, 2.24) is 0 Å². The summed E-state index contributed by atoms with van der Waals surface area (Å²) < 4.78 is 10.7. The van der Waals surface area contributed by atoms with Crippen molar-refractivity contribution in [1.29, 1.82) is 0 Å². The Morgan fingerprint density at radius 3 is 2.24 bits per heavy atom. The number of fused-ring (bicyclic) bond motifs is 3. The lowest BCUT2D eigenvalue weighted by Crippen LogP contribution is -2.00. The van der Waals surface area contributed by atoms with E-state index in [9.17, 15) is 0 Å². The van der Waals surface area contributed by atoms with Gasteiger partial charge in [-0.05, 0) is 35.4 Å². The van der Waals surface area contributed by atoms with Crippen molar-refractivity contribution in [3.63, 3.8) is 0 Å². The van der Waals surface area contributed by atoms with Crippen LogP contribution in [0.4, 0.5) is 0 Å². The molecular formula is C21H25NO3. The molecule has 4 heteroatoms. The quantitative estimate of drug-likeness (QED) is 0.484. The number of hydrogen-bond donors (Lipinski definition) is 0. The first kappa shape index (κ1) is 18.7. The van der Waals surface area contributed by atoms with Crippen LogP contribution >= 0.6 is 0 Å². The minimum atomic E-state index is 0.506. The maximum atomic E-state index is 5.76. The van der Waals surface area contributed by atoms with Crippen molar-refractivity contribution in [2.45, 2.75) is 13.8 Å². The summed E-state index contributed by atoms with van der Waals surface area (Å²) in [6.45, 7) is 5.10. The van der Waals surface area contributed by atoms with Gasteiger partial charge in [-0.25, -0.2) is 0 Å². The molecule has 0 aromatic heterocycles. The van der Waals surface area contributed by atoms with Gasteiger partial charge in [0, 0.05) is 18.2 Å². The summed E-state index contributed by atoms with van der Waals surface area (Å²) in [4.78, 5) is 5.03. The van der Waals surface area contributed by atoms with E-state index in [-0.39, 0.29) is 0 Å². The van der Waals surface area contributed by atoms with E-state index in [1.165, 1.54) is 5.56 Å². The van der Waals surface area contributed by atoms with Gasteiger partial charge < -0.3 is 14.3 Å². The van der Waals surface area contributed by atoms with Gasteiger partial charge in [-0.2, -0.15) is 0 Å². The van der Waals surface area contributed by atoms with E-state index in [1.807, 2.05) is 50.3 Å². The zero-order valence-corrected chi connectivity index (χ0v) is 15.3. The van der Waals surface area contributed by atoms with Crippen LogP contribution in [0.1, 0.15) is 25.0 Å². The average Bonchev–Trinajstić information content (AvgIpc) is 2.97. The van der Waals surface area contributed by atoms with Crippen LogP contribution in [0.15, 0.2) is 59.8 Å². The molecule has 2 aromatic rings. The molecule has 0 N–H and O–H groups in total. The highest BCUT2D eigenvalue weighted by molar-refractivity contribution is 6.24. The third-order valence-electron chi connectivity index (χ3n) is 3.68. The average molecular weight is 339 g/mol. The number of oxime groups is 1. The number of methoxy groups -OCH3 is 1. The molecule has 0 aliphatic heterocycles. The molecule has 0 fully saturated rings. The molecule has 0 amide bonds. The van der Waals surface area contributed by atoms with Gasteiger partial charge in [0.2, 0.25) is 0 Å². The van der Waals surface area contributed by atoms with Gasteiger partial charge in [0.1, 0.15) is 25.2 Å². The van der Waals surface area contributed by atoms with E-state index in [2.05, 4.69) is 23.4 Å². The van der Waals surface area contributed by atoms with E-state index in [1.54, 1.807) is 14.2 Å². The van der Waals surface area contributed by atoms with Crippen LogP contribution in [-0.4, -0.2) is 33.1 Å². The summed E-state index contributed by atoms with van der Waals surface area (Å²) in [6, 6.07) is 14.3. The smallest absolute Gasteiger partial charge is 0.120 e. The molecule has 0 bridgehead atoms. The van der Waals surface area contributed by atoms with Crippen molar-refractivity contribution in [2.75, 3.05) is 27.4 Å². The molecule has 0 saturated carbocycles. The van der Waals surface area contributed by atoms with Crippen LogP contribution < -0.4 is 4.74 Å². The Hall–Kier alpha value is -2.59. The Balaban J connectivity index is 0.00000109. The van der Waals surface area contributed by atoms with E-state index in [4.69, 9.17) is 14.3 Å². The SMILES string of the molecule is CC.COC/C=C\COc1ccc2c(c1)/C(=N/OC)c1ccccc1-2. The predicted molar refractivity (Wildman–Crippen MR) is 102 cm³/mol. The topological polar surface area (TPSA) is 40.0 Å². The molecule has 0 heterocycles. The maximum Gasteiger partial charge on any atom is 0.120 e. The summed E-state index contributed by atoms with van der Waals surface area (Å²) in [5.74, 6) is 0.808. The van der Waals surface area contributed by atoms with Crippen LogP contribution in [0.5, 0.6) is 5.75 Å². The standard InChI is InChI=1S/C19H19NO3.C2H6/c1-21-11-5-6-12-23-14-9-10-16-15-7-3-4-8-17(15)19(20-22-2)18(16)13-14;1-2/h3-10,13H,11-12H2,1-2H3;1-2H3/b6-5-,20-19+;. The molecule has 0 saturated heterocycles. The maximum absolute atomic E-state index is 5.76. The number of nitrogens with zero attached hydrogens (tertiary/aromatic N) is 1. The first-order valence-corrected chi connectivity index (χ1v) is 8.47. The minimum Gasteiger partial charge on any atom is -0.490 e. The molecule has 0 radical (unpaired) electrons. The first-order valence-electron chi connectivity index (χ1n) is 8.47. The van der Waals surface area contributed by atoms with Crippen LogP contribution in [-0.2, 0) is 9.57 Å². The zero-order chi connectivity index (χ0) is 18.1. The van der Waals surface area contributed by atoms with Crippen molar-refractivity contribution in [2.24, 2.45) is 5.16 Å². The second-order valence-corrected chi connectivity index (χ2v) is 5.11. The van der Waals surface area contributed by atoms with Gasteiger partial charge in [-0.3, -0.25) is 0 Å². The van der Waals surface area contributed by atoms with Gasteiger partial charge >= 0.3 is 0 Å². The highest BCUT2D eigenvalue weighted by Gasteiger charge is 2.25. The van der Waals surface area contributed by atoms with Gasteiger partial charge in [-0.1, -0.05) is 49.3 Å². The van der Waals surface area contributed by atoms with E-state index in [0.717, 1.165) is 28.2 Å². The second-order valence-electron chi connectivity index (χ2n) is 5.11. The Labute approximate surface area is 149 Å². The van der Waals surface area contributed by atoms with Gasteiger partial charge in [0.25, 0.3) is 0 Å².